The van der Waals surface area contributed by atoms with E-state index < -0.39 is 8.80 Å². The van der Waals surface area contributed by atoms with Gasteiger partial charge in [0.1, 0.15) is 0 Å². The lowest BCUT2D eigenvalue weighted by molar-refractivity contribution is 0.0574. The first kappa shape index (κ1) is 23.1. The third-order valence-corrected chi connectivity index (χ3v) is 5.54. The molecule has 0 N–H and O–H groups in total. The highest BCUT2D eigenvalue weighted by molar-refractivity contribution is 6.60. The molecule has 0 aromatic rings. The lowest BCUT2D eigenvalue weighted by atomic mass is 10.3. The molecule has 0 aliphatic heterocycles. The minimum atomic E-state index is -2.49. The fraction of sp³-hybridized carbons (Fsp3) is 0.875. The first-order valence-electron chi connectivity index (χ1n) is 8.22. The summed E-state index contributed by atoms with van der Waals surface area (Å²) in [6.45, 7) is 16.7. The first-order chi connectivity index (χ1) is 10.2. The van der Waals surface area contributed by atoms with Crippen LogP contribution in [0.4, 0.5) is 0 Å². The van der Waals surface area contributed by atoms with E-state index in [1.807, 2.05) is 27.7 Å². The molecule has 0 spiro atoms. The standard InChI is InChI=1S/C13H30O4Si.C3H6/c1-5-9-10-11-14-12-13-18(15-6-2,16-7-3)17-8-4;1-3-2/h5-13H2,1-4H3;3H,1H2,2H3. The molecule has 5 heteroatoms. The van der Waals surface area contributed by atoms with Crippen molar-refractivity contribution in [3.8, 4) is 0 Å². The molecule has 0 unspecified atom stereocenters. The van der Waals surface area contributed by atoms with Crippen LogP contribution in [0.3, 0.4) is 0 Å². The number of unbranched alkanes of at least 4 members (excludes halogenated alkanes) is 2. The Morgan fingerprint density at radius 3 is 1.71 bits per heavy atom. The largest absolute Gasteiger partial charge is 0.503 e. The molecular formula is C16H36O4Si. The highest BCUT2D eigenvalue weighted by Gasteiger charge is 2.39. The minimum absolute atomic E-state index is 0.627. The second-order valence-electron chi connectivity index (χ2n) is 4.46. The van der Waals surface area contributed by atoms with Gasteiger partial charge in [-0.05, 0) is 34.1 Å². The fourth-order valence-electron chi connectivity index (χ4n) is 1.75. The molecule has 0 aromatic heterocycles. The van der Waals surface area contributed by atoms with Gasteiger partial charge in [0.2, 0.25) is 0 Å². The van der Waals surface area contributed by atoms with Crippen molar-refractivity contribution < 1.29 is 18.0 Å². The van der Waals surface area contributed by atoms with Gasteiger partial charge in [-0.15, -0.1) is 6.58 Å². The Balaban J connectivity index is 0. The average Bonchev–Trinajstić information content (AvgIpc) is 2.44. The first-order valence-corrected chi connectivity index (χ1v) is 10.2. The zero-order chi connectivity index (χ0) is 16.4. The Hall–Kier alpha value is -0.203. The molecule has 0 aliphatic rings. The second kappa shape index (κ2) is 17.8. The zero-order valence-corrected chi connectivity index (χ0v) is 15.8. The molecule has 0 radical (unpaired) electrons. The van der Waals surface area contributed by atoms with E-state index in [2.05, 4.69) is 13.5 Å². The van der Waals surface area contributed by atoms with E-state index in [-0.39, 0.29) is 0 Å². The Kier molecular flexibility index (Phi) is 19.6. The van der Waals surface area contributed by atoms with E-state index in [1.165, 1.54) is 12.8 Å². The van der Waals surface area contributed by atoms with Gasteiger partial charge in [-0.1, -0.05) is 25.8 Å². The lowest BCUT2D eigenvalue weighted by Gasteiger charge is -2.28. The van der Waals surface area contributed by atoms with Crippen molar-refractivity contribution in [3.63, 3.8) is 0 Å². The number of ether oxygens (including phenoxy) is 1. The molecule has 0 atom stereocenters. The van der Waals surface area contributed by atoms with Gasteiger partial charge in [0.05, 0.1) is 6.61 Å². The van der Waals surface area contributed by atoms with Crippen LogP contribution in [0, 0.1) is 0 Å². The van der Waals surface area contributed by atoms with Gasteiger partial charge in [-0.2, -0.15) is 0 Å². The molecule has 0 aromatic carbocycles. The van der Waals surface area contributed by atoms with Crippen molar-refractivity contribution in [1.82, 2.24) is 0 Å². The van der Waals surface area contributed by atoms with Crippen LogP contribution in [-0.2, 0) is 18.0 Å². The maximum Gasteiger partial charge on any atom is 0.503 e. The van der Waals surface area contributed by atoms with Crippen LogP contribution in [-0.4, -0.2) is 41.8 Å². The summed E-state index contributed by atoms with van der Waals surface area (Å²) >= 11 is 0. The van der Waals surface area contributed by atoms with Gasteiger partial charge in [0.25, 0.3) is 0 Å². The maximum atomic E-state index is 5.75. The normalized spacial score (nSPS) is 10.9. The molecule has 128 valence electrons. The van der Waals surface area contributed by atoms with E-state index in [9.17, 15) is 0 Å². The van der Waals surface area contributed by atoms with Gasteiger partial charge in [-0.25, -0.2) is 0 Å². The highest BCUT2D eigenvalue weighted by atomic mass is 28.4. The Morgan fingerprint density at radius 2 is 1.33 bits per heavy atom. The summed E-state index contributed by atoms with van der Waals surface area (Å²) < 4.78 is 22.9. The molecule has 21 heavy (non-hydrogen) atoms. The van der Waals surface area contributed by atoms with Gasteiger partial charge in [0.15, 0.2) is 0 Å². The summed E-state index contributed by atoms with van der Waals surface area (Å²) in [7, 11) is -2.49. The Bertz CT molecular complexity index is 195. The van der Waals surface area contributed by atoms with E-state index in [4.69, 9.17) is 18.0 Å². The van der Waals surface area contributed by atoms with E-state index >= 15 is 0 Å². The van der Waals surface area contributed by atoms with Crippen LogP contribution in [0.15, 0.2) is 12.7 Å². The summed E-state index contributed by atoms with van der Waals surface area (Å²) in [6, 6.07) is 0.745. The van der Waals surface area contributed by atoms with Gasteiger partial charge in [0, 0.05) is 32.5 Å². The smallest absolute Gasteiger partial charge is 0.381 e. The summed E-state index contributed by atoms with van der Waals surface area (Å²) in [4.78, 5) is 0. The van der Waals surface area contributed by atoms with Crippen molar-refractivity contribution in [2.75, 3.05) is 33.0 Å². The number of allylic oxidation sites excluding steroid dienone is 1. The van der Waals surface area contributed by atoms with Gasteiger partial charge < -0.3 is 18.0 Å². The Labute approximate surface area is 133 Å². The number of hydrogen-bond donors (Lipinski definition) is 0. The maximum absolute atomic E-state index is 5.75. The molecule has 0 rings (SSSR count). The molecule has 4 nitrogen and oxygen atoms in total. The molecule has 0 saturated heterocycles. The molecule has 0 heterocycles. The van der Waals surface area contributed by atoms with Crippen LogP contribution >= 0.6 is 0 Å². The van der Waals surface area contributed by atoms with Crippen LogP contribution in [0.25, 0.3) is 0 Å². The zero-order valence-electron chi connectivity index (χ0n) is 14.8. The van der Waals surface area contributed by atoms with Crippen LogP contribution in [0.1, 0.15) is 53.9 Å². The molecule has 0 aliphatic carbocycles. The van der Waals surface area contributed by atoms with Gasteiger partial charge >= 0.3 is 8.80 Å². The van der Waals surface area contributed by atoms with E-state index in [0.29, 0.717) is 26.4 Å². The molecule has 0 amide bonds. The highest BCUT2D eigenvalue weighted by Crippen LogP contribution is 2.16. The monoisotopic (exact) mass is 320 g/mol. The third-order valence-electron chi connectivity index (χ3n) is 2.54. The topological polar surface area (TPSA) is 36.9 Å². The Morgan fingerprint density at radius 1 is 0.857 bits per heavy atom. The van der Waals surface area contributed by atoms with Crippen molar-refractivity contribution in [3.05, 3.63) is 12.7 Å². The summed E-state index contributed by atoms with van der Waals surface area (Å²) in [5.41, 5.74) is 0. The number of rotatable bonds is 13. The average molecular weight is 321 g/mol. The quantitative estimate of drug-likeness (QED) is 0.286. The predicted octanol–water partition coefficient (Wildman–Crippen LogP) is 4.43. The van der Waals surface area contributed by atoms with E-state index in [1.54, 1.807) is 6.08 Å². The SMILES string of the molecule is C=CC.CCCCCOCC[Si](OCC)(OCC)OCC. The summed E-state index contributed by atoms with van der Waals surface area (Å²) in [5, 5.41) is 0. The second-order valence-corrected chi connectivity index (χ2v) is 7.19. The van der Waals surface area contributed by atoms with Crippen LogP contribution in [0.2, 0.25) is 6.04 Å². The van der Waals surface area contributed by atoms with Crippen LogP contribution in [0.5, 0.6) is 0 Å². The molecule has 0 fully saturated rings. The van der Waals surface area contributed by atoms with Crippen molar-refractivity contribution in [1.29, 1.82) is 0 Å². The predicted molar refractivity (Wildman–Crippen MR) is 91.7 cm³/mol. The van der Waals surface area contributed by atoms with E-state index in [0.717, 1.165) is 19.1 Å². The third kappa shape index (κ3) is 14.5. The van der Waals surface area contributed by atoms with Crippen molar-refractivity contribution in [2.45, 2.75) is 59.9 Å². The summed E-state index contributed by atoms with van der Waals surface area (Å²) in [5.74, 6) is 0. The molecule has 0 saturated carbocycles. The van der Waals surface area contributed by atoms with Crippen LogP contribution < -0.4 is 0 Å². The van der Waals surface area contributed by atoms with Crippen molar-refractivity contribution >= 4 is 8.80 Å². The fourth-order valence-corrected chi connectivity index (χ4v) is 4.15. The van der Waals surface area contributed by atoms with Gasteiger partial charge in [-0.3, -0.25) is 0 Å². The molecular weight excluding hydrogens is 284 g/mol. The lowest BCUT2D eigenvalue weighted by Crippen LogP contribution is -2.46. The number of hydrogen-bond acceptors (Lipinski definition) is 4. The minimum Gasteiger partial charge on any atom is -0.381 e. The van der Waals surface area contributed by atoms with Crippen molar-refractivity contribution in [2.24, 2.45) is 0 Å². The molecule has 0 bridgehead atoms. The summed E-state index contributed by atoms with van der Waals surface area (Å²) in [6.07, 6.45) is 5.33.